The molecule has 1 aliphatic heterocycles. The van der Waals surface area contributed by atoms with Crippen molar-refractivity contribution in [3.05, 3.63) is 66.6 Å². The smallest absolute Gasteiger partial charge is 0.292 e. The second-order valence-corrected chi connectivity index (χ2v) is 7.28. The normalized spacial score (nSPS) is 13.9. The Labute approximate surface area is 166 Å². The van der Waals surface area contributed by atoms with Crippen molar-refractivity contribution in [1.29, 1.82) is 0 Å². The van der Waals surface area contributed by atoms with Gasteiger partial charge in [-0.05, 0) is 47.5 Å². The number of aromatic nitrogens is 4. The topological polar surface area (TPSA) is 86.0 Å². The molecule has 4 heterocycles. The van der Waals surface area contributed by atoms with Crippen LogP contribution in [0.1, 0.15) is 5.69 Å². The van der Waals surface area contributed by atoms with Crippen LogP contribution in [-0.2, 0) is 13.1 Å². The van der Waals surface area contributed by atoms with Crippen LogP contribution in [0.4, 0.5) is 11.8 Å². The highest BCUT2D eigenvalue weighted by Gasteiger charge is 2.17. The Bertz CT molecular complexity index is 1370. The molecule has 0 unspecified atom stereocenters. The molecular formula is C22H18N6O. The van der Waals surface area contributed by atoms with Crippen LogP contribution in [0.25, 0.3) is 33.3 Å². The Morgan fingerprint density at radius 2 is 1.76 bits per heavy atom. The third kappa shape index (κ3) is 2.70. The first-order chi connectivity index (χ1) is 14.2. The second kappa shape index (κ2) is 6.07. The molecule has 2 N–H and O–H groups in total. The quantitative estimate of drug-likeness (QED) is 0.499. The van der Waals surface area contributed by atoms with Crippen LogP contribution in [0.15, 0.2) is 65.3 Å². The number of benzene rings is 2. The van der Waals surface area contributed by atoms with Gasteiger partial charge in [0.25, 0.3) is 6.01 Å². The number of nitrogen functional groups attached to an aromatic ring is 1. The van der Waals surface area contributed by atoms with E-state index in [0.717, 1.165) is 53.1 Å². The molecule has 0 bridgehead atoms. The van der Waals surface area contributed by atoms with Crippen molar-refractivity contribution in [1.82, 2.24) is 19.5 Å². The fraction of sp³-hybridized carbons (Fsp3) is 0.136. The molecule has 1 aliphatic rings. The minimum Gasteiger partial charge on any atom is -0.424 e. The van der Waals surface area contributed by atoms with Crippen LogP contribution in [0.2, 0.25) is 0 Å². The number of fused-ring (bicyclic) bond motifs is 3. The highest BCUT2D eigenvalue weighted by Crippen LogP contribution is 2.28. The highest BCUT2D eigenvalue weighted by atomic mass is 16.4. The molecule has 2 aromatic carbocycles. The Kier molecular flexibility index (Phi) is 3.37. The van der Waals surface area contributed by atoms with Crippen molar-refractivity contribution in [2.45, 2.75) is 13.1 Å². The minimum atomic E-state index is 0.179. The average molecular weight is 382 g/mol. The lowest BCUT2D eigenvalue weighted by atomic mass is 10.0. The van der Waals surface area contributed by atoms with Crippen molar-refractivity contribution >= 4 is 34.0 Å². The summed E-state index contributed by atoms with van der Waals surface area (Å²) in [5, 5.41) is 0. The first-order valence-corrected chi connectivity index (χ1v) is 9.55. The number of oxazole rings is 1. The number of hydrogen-bond acceptors (Lipinski definition) is 6. The summed E-state index contributed by atoms with van der Waals surface area (Å²) in [6, 6.07) is 16.4. The van der Waals surface area contributed by atoms with Gasteiger partial charge < -0.3 is 19.6 Å². The van der Waals surface area contributed by atoms with E-state index in [-0.39, 0.29) is 6.01 Å². The molecule has 6 rings (SSSR count). The summed E-state index contributed by atoms with van der Waals surface area (Å²) in [4.78, 5) is 16.0. The zero-order chi connectivity index (χ0) is 19.4. The van der Waals surface area contributed by atoms with Gasteiger partial charge in [-0.1, -0.05) is 12.1 Å². The molecule has 142 valence electrons. The lowest BCUT2D eigenvalue weighted by Crippen LogP contribution is -2.33. The second-order valence-electron chi connectivity index (χ2n) is 7.28. The van der Waals surface area contributed by atoms with E-state index in [1.165, 1.54) is 5.69 Å². The van der Waals surface area contributed by atoms with Gasteiger partial charge in [0.2, 0.25) is 0 Å². The molecule has 7 nitrogen and oxygen atoms in total. The van der Waals surface area contributed by atoms with Crippen LogP contribution in [-0.4, -0.2) is 26.1 Å². The van der Waals surface area contributed by atoms with Gasteiger partial charge in [0.05, 0.1) is 23.8 Å². The summed E-state index contributed by atoms with van der Waals surface area (Å²) >= 11 is 0. The van der Waals surface area contributed by atoms with E-state index in [4.69, 9.17) is 15.1 Å². The van der Waals surface area contributed by atoms with Crippen LogP contribution in [0, 0.1) is 0 Å². The molecular weight excluding hydrogens is 364 g/mol. The SMILES string of the molecule is Nc1nc2cc(-c3ccc4ncc(N5CCn6cccc6C5)nc4c3)ccc2o1. The minimum absolute atomic E-state index is 0.179. The van der Waals surface area contributed by atoms with Crippen LogP contribution >= 0.6 is 0 Å². The lowest BCUT2D eigenvalue weighted by Gasteiger charge is -2.29. The first-order valence-electron chi connectivity index (χ1n) is 9.55. The van der Waals surface area contributed by atoms with Gasteiger partial charge in [0.15, 0.2) is 5.58 Å². The van der Waals surface area contributed by atoms with Gasteiger partial charge in [0, 0.05) is 25.0 Å². The summed E-state index contributed by atoms with van der Waals surface area (Å²) in [5.41, 5.74) is 12.2. The van der Waals surface area contributed by atoms with Crippen molar-refractivity contribution in [3.63, 3.8) is 0 Å². The Hall–Kier alpha value is -3.87. The van der Waals surface area contributed by atoms with E-state index in [1.54, 1.807) is 0 Å². The van der Waals surface area contributed by atoms with E-state index < -0.39 is 0 Å². The maximum atomic E-state index is 5.66. The average Bonchev–Trinajstić information content (AvgIpc) is 3.37. The fourth-order valence-corrected chi connectivity index (χ4v) is 3.97. The standard InChI is InChI=1S/C22H18N6O/c23-22-26-19-11-15(4-6-20(19)29-22)14-3-5-17-18(10-14)25-21(12-24-17)28-9-8-27-7-1-2-16(27)13-28/h1-7,10-12H,8-9,13H2,(H2,23,26). The molecule has 0 amide bonds. The molecule has 0 radical (unpaired) electrons. The van der Waals surface area contributed by atoms with E-state index in [2.05, 4.69) is 49.9 Å². The first kappa shape index (κ1) is 16.1. The molecule has 7 heteroatoms. The lowest BCUT2D eigenvalue weighted by molar-refractivity contribution is 0.568. The molecule has 3 aromatic heterocycles. The van der Waals surface area contributed by atoms with Crippen molar-refractivity contribution in [3.8, 4) is 11.1 Å². The Balaban J connectivity index is 1.38. The third-order valence-corrected chi connectivity index (χ3v) is 5.48. The number of rotatable bonds is 2. The number of nitrogens with two attached hydrogens (primary N) is 1. The predicted molar refractivity (Wildman–Crippen MR) is 112 cm³/mol. The summed E-state index contributed by atoms with van der Waals surface area (Å²) in [6.07, 6.45) is 4.00. The van der Waals surface area contributed by atoms with Gasteiger partial charge in [-0.2, -0.15) is 4.98 Å². The van der Waals surface area contributed by atoms with Crippen molar-refractivity contribution < 1.29 is 4.42 Å². The summed E-state index contributed by atoms with van der Waals surface area (Å²) in [5.74, 6) is 0.904. The predicted octanol–water partition coefficient (Wildman–Crippen LogP) is 3.84. The number of hydrogen-bond donors (Lipinski definition) is 1. The Morgan fingerprint density at radius 3 is 2.69 bits per heavy atom. The van der Waals surface area contributed by atoms with E-state index in [1.807, 2.05) is 30.5 Å². The molecule has 0 atom stereocenters. The third-order valence-electron chi connectivity index (χ3n) is 5.48. The van der Waals surface area contributed by atoms with Crippen molar-refractivity contribution in [2.75, 3.05) is 17.2 Å². The van der Waals surface area contributed by atoms with Gasteiger partial charge >= 0.3 is 0 Å². The molecule has 5 aromatic rings. The highest BCUT2D eigenvalue weighted by molar-refractivity contribution is 5.86. The van der Waals surface area contributed by atoms with Gasteiger partial charge in [0.1, 0.15) is 11.3 Å². The van der Waals surface area contributed by atoms with Gasteiger partial charge in [-0.15, -0.1) is 0 Å². The molecule has 29 heavy (non-hydrogen) atoms. The van der Waals surface area contributed by atoms with E-state index in [0.29, 0.717) is 5.58 Å². The van der Waals surface area contributed by atoms with Gasteiger partial charge in [-0.3, -0.25) is 4.98 Å². The molecule has 0 saturated heterocycles. The zero-order valence-electron chi connectivity index (χ0n) is 15.6. The summed E-state index contributed by atoms with van der Waals surface area (Å²) < 4.78 is 7.66. The van der Waals surface area contributed by atoms with Crippen molar-refractivity contribution in [2.24, 2.45) is 0 Å². The molecule has 0 spiro atoms. The van der Waals surface area contributed by atoms with Crippen LogP contribution in [0.5, 0.6) is 0 Å². The number of anilines is 2. The maximum Gasteiger partial charge on any atom is 0.292 e. The molecule has 0 saturated carbocycles. The van der Waals surface area contributed by atoms with Gasteiger partial charge in [-0.25, -0.2) is 4.98 Å². The van der Waals surface area contributed by atoms with Crippen LogP contribution in [0.3, 0.4) is 0 Å². The van der Waals surface area contributed by atoms with Crippen LogP contribution < -0.4 is 10.6 Å². The largest absolute Gasteiger partial charge is 0.424 e. The van der Waals surface area contributed by atoms with E-state index >= 15 is 0 Å². The fourth-order valence-electron chi connectivity index (χ4n) is 3.97. The number of nitrogens with zero attached hydrogens (tertiary/aromatic N) is 5. The Morgan fingerprint density at radius 1 is 0.897 bits per heavy atom. The zero-order valence-corrected chi connectivity index (χ0v) is 15.6. The maximum absolute atomic E-state index is 5.66. The monoisotopic (exact) mass is 382 g/mol. The summed E-state index contributed by atoms with van der Waals surface area (Å²) in [7, 11) is 0. The van der Waals surface area contributed by atoms with E-state index in [9.17, 15) is 0 Å². The molecule has 0 aliphatic carbocycles. The molecule has 0 fully saturated rings. The summed E-state index contributed by atoms with van der Waals surface area (Å²) in [6.45, 7) is 2.73.